The number of benzene rings is 1. The van der Waals surface area contributed by atoms with Gasteiger partial charge in [-0.2, -0.15) is 0 Å². The Kier molecular flexibility index (Phi) is 6.74. The van der Waals surface area contributed by atoms with E-state index >= 15 is 0 Å². The lowest BCUT2D eigenvalue weighted by Gasteiger charge is -2.26. The molecule has 2 amide bonds. The molecular weight excluding hydrogens is 434 g/mol. The van der Waals surface area contributed by atoms with Gasteiger partial charge in [0, 0.05) is 56.5 Å². The number of aromatic nitrogens is 2. The van der Waals surface area contributed by atoms with Crippen molar-refractivity contribution in [2.75, 3.05) is 30.8 Å². The number of fused-ring (bicyclic) bond motifs is 1. The number of ketones is 1. The Labute approximate surface area is 197 Å². The van der Waals surface area contributed by atoms with Crippen molar-refractivity contribution in [3.05, 3.63) is 59.9 Å². The molecule has 0 spiro atoms. The normalized spacial score (nSPS) is 14.9. The van der Waals surface area contributed by atoms with Gasteiger partial charge in [0.2, 0.25) is 11.8 Å². The largest absolute Gasteiger partial charge is 0.395 e. The van der Waals surface area contributed by atoms with Crippen molar-refractivity contribution in [3.63, 3.8) is 0 Å². The van der Waals surface area contributed by atoms with Gasteiger partial charge >= 0.3 is 0 Å². The summed E-state index contributed by atoms with van der Waals surface area (Å²) in [6.45, 7) is 1.49. The highest BCUT2D eigenvalue weighted by Crippen LogP contribution is 2.40. The van der Waals surface area contributed by atoms with E-state index in [1.54, 1.807) is 25.4 Å². The van der Waals surface area contributed by atoms with E-state index in [-0.39, 0.29) is 37.2 Å². The van der Waals surface area contributed by atoms with E-state index in [2.05, 4.69) is 20.6 Å². The second-order valence-corrected chi connectivity index (χ2v) is 8.34. The third-order valence-corrected chi connectivity index (χ3v) is 5.80. The molecule has 0 radical (unpaired) electrons. The average molecular weight is 462 g/mol. The van der Waals surface area contributed by atoms with Crippen molar-refractivity contribution < 1.29 is 19.5 Å². The number of H-pyrrole nitrogens is 1. The zero-order valence-electron chi connectivity index (χ0n) is 19.1. The quantitative estimate of drug-likeness (QED) is 0.428. The standard InChI is InChI=1S/C25H27N5O4/c1-15(32)27-21-14-16(8-9-26-21)23-24(28-18-6-4-3-5-7-18)22-19(29-23)12-17(13-20(22)33)25(34)30(2)10-11-31/h3-9,14,17,28-29,31H,10-13H2,1-2H3,(H,26,27,32). The summed E-state index contributed by atoms with van der Waals surface area (Å²) in [6, 6.07) is 13.0. The van der Waals surface area contributed by atoms with E-state index in [4.69, 9.17) is 0 Å². The van der Waals surface area contributed by atoms with Crippen LogP contribution in [0, 0.1) is 5.92 Å². The molecule has 9 nitrogen and oxygen atoms in total. The maximum atomic E-state index is 13.3. The maximum Gasteiger partial charge on any atom is 0.226 e. The van der Waals surface area contributed by atoms with Gasteiger partial charge in [0.05, 0.1) is 29.5 Å². The molecule has 4 rings (SSSR count). The van der Waals surface area contributed by atoms with Crippen LogP contribution in [0.25, 0.3) is 11.3 Å². The number of Topliss-reactive ketones (excluding diaryl/α,β-unsaturated/α-hetero) is 1. The van der Waals surface area contributed by atoms with Gasteiger partial charge in [-0.05, 0) is 24.3 Å². The number of carbonyl (C=O) groups is 3. The highest BCUT2D eigenvalue weighted by atomic mass is 16.3. The molecule has 0 aliphatic heterocycles. The molecule has 1 aromatic carbocycles. The van der Waals surface area contributed by atoms with Gasteiger partial charge in [-0.25, -0.2) is 4.98 Å². The molecule has 176 valence electrons. The third-order valence-electron chi connectivity index (χ3n) is 5.80. The van der Waals surface area contributed by atoms with Crippen molar-refractivity contribution in [2.24, 2.45) is 5.92 Å². The van der Waals surface area contributed by atoms with Gasteiger partial charge in [0.25, 0.3) is 0 Å². The van der Waals surface area contributed by atoms with E-state index in [0.717, 1.165) is 11.3 Å². The lowest BCUT2D eigenvalue weighted by atomic mass is 9.85. The predicted molar refractivity (Wildman–Crippen MR) is 129 cm³/mol. The minimum Gasteiger partial charge on any atom is -0.395 e. The van der Waals surface area contributed by atoms with Gasteiger partial charge in [-0.1, -0.05) is 18.2 Å². The fourth-order valence-corrected chi connectivity index (χ4v) is 4.25. The van der Waals surface area contributed by atoms with Gasteiger partial charge in [0.15, 0.2) is 5.78 Å². The van der Waals surface area contributed by atoms with Gasteiger partial charge in [-0.3, -0.25) is 14.4 Å². The molecule has 2 heterocycles. The Hall–Kier alpha value is -3.98. The maximum absolute atomic E-state index is 13.3. The molecule has 0 fully saturated rings. The van der Waals surface area contributed by atoms with Gasteiger partial charge in [-0.15, -0.1) is 0 Å². The summed E-state index contributed by atoms with van der Waals surface area (Å²) in [5, 5.41) is 15.2. The number of nitrogens with one attached hydrogen (secondary N) is 3. The van der Waals surface area contributed by atoms with E-state index in [9.17, 15) is 19.5 Å². The summed E-state index contributed by atoms with van der Waals surface area (Å²) in [6.07, 6.45) is 2.06. The summed E-state index contributed by atoms with van der Waals surface area (Å²) in [7, 11) is 1.63. The molecule has 1 aliphatic rings. The fourth-order valence-electron chi connectivity index (χ4n) is 4.25. The molecular formula is C25H27N5O4. The fraction of sp³-hybridized carbons (Fsp3) is 0.280. The van der Waals surface area contributed by atoms with Crippen LogP contribution >= 0.6 is 0 Å². The number of amides is 2. The Balaban J connectivity index is 1.77. The molecule has 1 aliphatic carbocycles. The molecule has 1 atom stereocenters. The highest BCUT2D eigenvalue weighted by molar-refractivity contribution is 6.09. The Morgan fingerprint density at radius 2 is 1.97 bits per heavy atom. The monoisotopic (exact) mass is 461 g/mol. The number of likely N-dealkylation sites (N-methyl/N-ethyl adjacent to an activating group) is 1. The van der Waals surface area contributed by atoms with E-state index in [1.165, 1.54) is 11.8 Å². The third kappa shape index (κ3) is 4.84. The minimum absolute atomic E-state index is 0.0931. The van der Waals surface area contributed by atoms with E-state index < -0.39 is 5.92 Å². The molecule has 0 saturated heterocycles. The second kappa shape index (κ2) is 9.88. The summed E-state index contributed by atoms with van der Waals surface area (Å²) >= 11 is 0. The van der Waals surface area contributed by atoms with Crippen LogP contribution in [0.1, 0.15) is 29.4 Å². The number of aliphatic hydroxyl groups excluding tert-OH is 1. The lowest BCUT2D eigenvalue weighted by Crippen LogP contribution is -2.38. The zero-order chi connectivity index (χ0) is 24.2. The van der Waals surface area contributed by atoms with Crippen LogP contribution in [0.15, 0.2) is 48.7 Å². The molecule has 2 aromatic heterocycles. The Bertz CT molecular complexity index is 1220. The summed E-state index contributed by atoms with van der Waals surface area (Å²) < 4.78 is 0. The van der Waals surface area contributed by atoms with Crippen molar-refractivity contribution in [2.45, 2.75) is 19.8 Å². The van der Waals surface area contributed by atoms with Crippen LogP contribution < -0.4 is 10.6 Å². The summed E-state index contributed by atoms with van der Waals surface area (Å²) in [5.41, 5.74) is 4.06. The van der Waals surface area contributed by atoms with Crippen LogP contribution in [0.2, 0.25) is 0 Å². The average Bonchev–Trinajstić information content (AvgIpc) is 3.18. The minimum atomic E-state index is -0.500. The van der Waals surface area contributed by atoms with Gasteiger partial charge in [0.1, 0.15) is 5.82 Å². The molecule has 4 N–H and O–H groups in total. The lowest BCUT2D eigenvalue weighted by molar-refractivity contribution is -0.134. The van der Waals surface area contributed by atoms with Crippen molar-refractivity contribution in [1.29, 1.82) is 0 Å². The van der Waals surface area contributed by atoms with Crippen molar-refractivity contribution in [3.8, 4) is 11.3 Å². The predicted octanol–water partition coefficient (Wildman–Crippen LogP) is 2.97. The van der Waals surface area contributed by atoms with Gasteiger partial charge < -0.3 is 25.6 Å². The number of pyridine rings is 1. The SMILES string of the molecule is CC(=O)Nc1cc(-c2[nH]c3c(c2Nc2ccccc2)C(=O)CC(C(=O)N(C)CCO)C3)ccn1. The molecule has 34 heavy (non-hydrogen) atoms. The Morgan fingerprint density at radius 1 is 1.21 bits per heavy atom. The van der Waals surface area contributed by atoms with Crippen LogP contribution in [0.5, 0.6) is 0 Å². The highest BCUT2D eigenvalue weighted by Gasteiger charge is 2.36. The summed E-state index contributed by atoms with van der Waals surface area (Å²) in [5.74, 6) is -0.637. The van der Waals surface area contributed by atoms with Crippen LogP contribution in [0.4, 0.5) is 17.2 Å². The first-order valence-corrected chi connectivity index (χ1v) is 11.1. The number of anilines is 3. The van der Waals surface area contributed by atoms with Crippen LogP contribution in [0.3, 0.4) is 0 Å². The smallest absolute Gasteiger partial charge is 0.226 e. The number of hydrogen-bond acceptors (Lipinski definition) is 6. The van der Waals surface area contributed by atoms with Crippen LogP contribution in [-0.4, -0.2) is 57.8 Å². The number of aromatic amines is 1. The Morgan fingerprint density at radius 3 is 2.68 bits per heavy atom. The second-order valence-electron chi connectivity index (χ2n) is 8.34. The first-order valence-electron chi connectivity index (χ1n) is 11.1. The van der Waals surface area contributed by atoms with Crippen LogP contribution in [-0.2, 0) is 16.0 Å². The number of hydrogen-bond donors (Lipinski definition) is 4. The van der Waals surface area contributed by atoms with E-state index in [1.807, 2.05) is 30.3 Å². The zero-order valence-corrected chi connectivity index (χ0v) is 19.1. The molecule has 9 heteroatoms. The number of aliphatic hydroxyl groups is 1. The molecule has 0 bridgehead atoms. The van der Waals surface area contributed by atoms with Crippen molar-refractivity contribution >= 4 is 34.8 Å². The van der Waals surface area contributed by atoms with E-state index in [0.29, 0.717) is 34.9 Å². The molecule has 1 unspecified atom stereocenters. The number of nitrogens with zero attached hydrogens (tertiary/aromatic N) is 2. The summed E-state index contributed by atoms with van der Waals surface area (Å²) in [4.78, 5) is 46.6. The number of rotatable bonds is 7. The number of para-hydroxylation sites is 1. The molecule has 0 saturated carbocycles. The first-order chi connectivity index (χ1) is 16.4. The first kappa shape index (κ1) is 23.2. The van der Waals surface area contributed by atoms with Crippen molar-refractivity contribution in [1.82, 2.24) is 14.9 Å². The molecule has 3 aromatic rings. The number of carbonyl (C=O) groups excluding carboxylic acids is 3. The topological polar surface area (TPSA) is 127 Å².